The van der Waals surface area contributed by atoms with E-state index in [0.29, 0.717) is 17.2 Å². The summed E-state index contributed by atoms with van der Waals surface area (Å²) in [5, 5.41) is 13.4. The number of nitrogens with zero attached hydrogens (tertiary/aromatic N) is 3. The third-order valence-corrected chi connectivity index (χ3v) is 2.69. The van der Waals surface area contributed by atoms with E-state index in [9.17, 15) is 4.79 Å². The van der Waals surface area contributed by atoms with Gasteiger partial charge in [0.25, 0.3) is 0 Å². The fourth-order valence-electron chi connectivity index (χ4n) is 1.85. The van der Waals surface area contributed by atoms with Gasteiger partial charge in [-0.3, -0.25) is 0 Å². The van der Waals surface area contributed by atoms with Crippen molar-refractivity contribution in [2.75, 3.05) is 5.73 Å². The maximum absolute atomic E-state index is 11.1. The summed E-state index contributed by atoms with van der Waals surface area (Å²) in [6.45, 7) is 0. The van der Waals surface area contributed by atoms with Crippen LogP contribution in [0.2, 0.25) is 0 Å². The fourth-order valence-corrected chi connectivity index (χ4v) is 1.85. The van der Waals surface area contributed by atoms with Crippen molar-refractivity contribution in [1.29, 1.82) is 0 Å². The average Bonchev–Trinajstić information content (AvgIpc) is 2.92. The molecule has 3 rings (SSSR count). The summed E-state index contributed by atoms with van der Waals surface area (Å²) in [6.07, 6.45) is 2.46. The number of hydrogen-bond donors (Lipinski definition) is 2. The minimum atomic E-state index is -0.425. The zero-order valence-electron chi connectivity index (χ0n) is 9.20. The Bertz CT molecular complexity index is 620. The number of carbonyl (C=O) groups is 1. The van der Waals surface area contributed by atoms with Gasteiger partial charge >= 0.3 is 0 Å². The average molecular weight is 243 g/mol. The number of anilines is 1. The molecule has 1 atom stereocenters. The lowest BCUT2D eigenvalue weighted by atomic mass is 9.96. The highest BCUT2D eigenvalue weighted by atomic mass is 16.5. The monoisotopic (exact) mass is 243 g/mol. The maximum Gasteiger partial charge on any atom is 0.239 e. The normalized spacial score (nSPS) is 17.6. The Morgan fingerprint density at radius 1 is 1.44 bits per heavy atom. The molecule has 0 fully saturated rings. The molecule has 90 valence electrons. The summed E-state index contributed by atoms with van der Waals surface area (Å²) in [5.41, 5.74) is 7.04. The number of carbonyl (C=O) groups excluding carboxylic acids is 1. The van der Waals surface area contributed by atoms with Crippen LogP contribution in [0.25, 0.3) is 5.76 Å². The van der Waals surface area contributed by atoms with Gasteiger partial charge in [0, 0.05) is 5.56 Å². The van der Waals surface area contributed by atoms with Gasteiger partial charge in [-0.25, -0.2) is 0 Å². The van der Waals surface area contributed by atoms with E-state index in [0.717, 1.165) is 11.8 Å². The van der Waals surface area contributed by atoms with Crippen molar-refractivity contribution in [3.05, 3.63) is 35.7 Å². The number of H-pyrrole nitrogens is 1. The van der Waals surface area contributed by atoms with E-state index in [2.05, 4.69) is 20.6 Å². The van der Waals surface area contributed by atoms with E-state index in [-0.39, 0.29) is 5.82 Å². The second-order valence-electron chi connectivity index (χ2n) is 3.80. The second kappa shape index (κ2) is 3.95. The quantitative estimate of drug-likeness (QED) is 0.587. The van der Waals surface area contributed by atoms with Crippen LogP contribution in [0.15, 0.2) is 24.3 Å². The Morgan fingerprint density at radius 3 is 3.06 bits per heavy atom. The zero-order chi connectivity index (χ0) is 12.5. The number of nitrogen functional groups attached to an aromatic ring is 1. The topological polar surface area (TPSA) is 107 Å². The molecule has 18 heavy (non-hydrogen) atoms. The van der Waals surface area contributed by atoms with E-state index >= 15 is 0 Å². The fraction of sp³-hybridized carbons (Fsp3) is 0.0909. The van der Waals surface area contributed by atoms with Crippen LogP contribution in [0, 0.1) is 0 Å². The number of para-hydroxylation sites is 1. The van der Waals surface area contributed by atoms with Crippen molar-refractivity contribution in [3.63, 3.8) is 0 Å². The molecule has 0 saturated heterocycles. The minimum Gasteiger partial charge on any atom is -0.451 e. The molecule has 0 radical (unpaired) electrons. The first kappa shape index (κ1) is 10.5. The standard InChI is InChI=1S/C11H9N5O2/c12-8-3-1-2-7-6(5-17)4-9(18-10(7)8)11-13-15-16-14-11/h1-6H,12H2,(H,13,14,15,16). The van der Waals surface area contributed by atoms with Crippen LogP contribution >= 0.6 is 0 Å². The van der Waals surface area contributed by atoms with Gasteiger partial charge in [0.2, 0.25) is 5.82 Å². The van der Waals surface area contributed by atoms with Gasteiger partial charge in [-0.1, -0.05) is 12.1 Å². The Morgan fingerprint density at radius 2 is 2.33 bits per heavy atom. The van der Waals surface area contributed by atoms with Crippen LogP contribution in [0.3, 0.4) is 0 Å². The van der Waals surface area contributed by atoms with Gasteiger partial charge in [0.05, 0.1) is 11.6 Å². The first-order valence-corrected chi connectivity index (χ1v) is 5.27. The second-order valence-corrected chi connectivity index (χ2v) is 3.80. The lowest BCUT2D eigenvalue weighted by molar-refractivity contribution is -0.108. The first-order valence-electron chi connectivity index (χ1n) is 5.27. The van der Waals surface area contributed by atoms with Gasteiger partial charge in [0.1, 0.15) is 6.29 Å². The molecule has 1 aromatic carbocycles. The number of aromatic amines is 1. The number of ether oxygens (including phenoxy) is 1. The summed E-state index contributed by atoms with van der Waals surface area (Å²) >= 11 is 0. The van der Waals surface area contributed by atoms with Crippen LogP contribution in [-0.4, -0.2) is 26.9 Å². The number of aldehydes is 1. The van der Waals surface area contributed by atoms with Crippen LogP contribution < -0.4 is 10.5 Å². The molecule has 2 aromatic rings. The summed E-state index contributed by atoms with van der Waals surface area (Å²) in [5.74, 6) is 0.699. The lowest BCUT2D eigenvalue weighted by Crippen LogP contribution is -2.12. The molecule has 0 saturated carbocycles. The first-order chi connectivity index (χ1) is 8.79. The number of benzene rings is 1. The van der Waals surface area contributed by atoms with Crippen LogP contribution in [-0.2, 0) is 4.79 Å². The molecule has 0 aliphatic carbocycles. The zero-order valence-corrected chi connectivity index (χ0v) is 9.20. The van der Waals surface area contributed by atoms with E-state index in [1.54, 1.807) is 24.3 Å². The van der Waals surface area contributed by atoms with E-state index < -0.39 is 5.92 Å². The molecule has 7 heteroatoms. The molecule has 2 heterocycles. The predicted octanol–water partition coefficient (Wildman–Crippen LogP) is 0.498. The van der Waals surface area contributed by atoms with Gasteiger partial charge in [0.15, 0.2) is 11.5 Å². The smallest absolute Gasteiger partial charge is 0.239 e. The molecular weight excluding hydrogens is 234 g/mol. The Kier molecular flexibility index (Phi) is 2.30. The van der Waals surface area contributed by atoms with Crippen LogP contribution in [0.5, 0.6) is 5.75 Å². The van der Waals surface area contributed by atoms with Gasteiger partial charge in [-0.15, -0.1) is 10.2 Å². The largest absolute Gasteiger partial charge is 0.451 e. The van der Waals surface area contributed by atoms with Crippen molar-refractivity contribution in [2.24, 2.45) is 0 Å². The number of tetrazole rings is 1. The third kappa shape index (κ3) is 1.53. The lowest BCUT2D eigenvalue weighted by Gasteiger charge is -2.21. The summed E-state index contributed by atoms with van der Waals surface area (Å²) < 4.78 is 5.63. The maximum atomic E-state index is 11.1. The number of hydrogen-bond acceptors (Lipinski definition) is 6. The van der Waals surface area contributed by atoms with E-state index in [4.69, 9.17) is 10.5 Å². The Hall–Kier alpha value is -2.70. The molecule has 0 amide bonds. The summed E-state index contributed by atoms with van der Waals surface area (Å²) in [6, 6.07) is 5.29. The Balaban J connectivity index is 2.11. The highest BCUT2D eigenvalue weighted by Gasteiger charge is 2.25. The van der Waals surface area contributed by atoms with Crippen LogP contribution in [0.1, 0.15) is 17.3 Å². The molecule has 1 aromatic heterocycles. The number of aromatic nitrogens is 4. The van der Waals surface area contributed by atoms with E-state index in [1.807, 2.05) is 0 Å². The molecule has 0 spiro atoms. The van der Waals surface area contributed by atoms with Crippen molar-refractivity contribution >= 4 is 17.7 Å². The summed E-state index contributed by atoms with van der Waals surface area (Å²) in [4.78, 5) is 11.1. The van der Waals surface area contributed by atoms with Crippen LogP contribution in [0.4, 0.5) is 5.69 Å². The SMILES string of the molecule is Nc1cccc2c1OC(c1nn[nH]n1)=CC2C=O. The predicted molar refractivity (Wildman–Crippen MR) is 62.4 cm³/mol. The highest BCUT2D eigenvalue weighted by Crippen LogP contribution is 2.39. The number of nitrogens with one attached hydrogen (secondary N) is 1. The van der Waals surface area contributed by atoms with Crippen molar-refractivity contribution < 1.29 is 9.53 Å². The molecule has 0 bridgehead atoms. The number of nitrogens with two attached hydrogens (primary N) is 1. The Labute approximate surface area is 102 Å². The molecule has 1 aliphatic rings. The van der Waals surface area contributed by atoms with Crippen molar-refractivity contribution in [2.45, 2.75) is 5.92 Å². The molecule has 1 unspecified atom stereocenters. The number of allylic oxidation sites excluding steroid dienone is 1. The molecule has 7 nitrogen and oxygen atoms in total. The van der Waals surface area contributed by atoms with Gasteiger partial charge < -0.3 is 15.3 Å². The van der Waals surface area contributed by atoms with E-state index in [1.165, 1.54) is 0 Å². The molecule has 1 aliphatic heterocycles. The number of fused-ring (bicyclic) bond motifs is 1. The van der Waals surface area contributed by atoms with Gasteiger partial charge in [-0.2, -0.15) is 5.21 Å². The summed E-state index contributed by atoms with van der Waals surface area (Å²) in [7, 11) is 0. The molecule has 3 N–H and O–H groups in total. The minimum absolute atomic E-state index is 0.288. The number of rotatable bonds is 2. The van der Waals surface area contributed by atoms with Crippen molar-refractivity contribution in [3.8, 4) is 5.75 Å². The molecular formula is C11H9N5O2. The van der Waals surface area contributed by atoms with Gasteiger partial charge in [-0.05, 0) is 17.4 Å². The van der Waals surface area contributed by atoms with Crippen molar-refractivity contribution in [1.82, 2.24) is 20.6 Å². The third-order valence-electron chi connectivity index (χ3n) is 2.69. The highest BCUT2D eigenvalue weighted by molar-refractivity contribution is 5.78.